The lowest BCUT2D eigenvalue weighted by molar-refractivity contribution is -0.113. The summed E-state index contributed by atoms with van der Waals surface area (Å²) in [6.07, 6.45) is 1.12. The molecule has 27 heavy (non-hydrogen) atoms. The number of halogens is 1. The third-order valence-electron chi connectivity index (χ3n) is 4.24. The van der Waals surface area contributed by atoms with E-state index in [0.29, 0.717) is 45.4 Å². The monoisotopic (exact) mass is 399 g/mol. The number of aromatic nitrogens is 1. The minimum absolute atomic E-state index is 0.0160. The standard InChI is InChI=1S/C20H18ClN3O2S/c1-20(2)8-16-15(17(25)9-20)7-12(10-22)19(24-16)27-11-18(26)23-14-5-3-13(21)4-6-14/h3-7H,8-9,11H2,1-2H3,(H,23,26). The highest BCUT2D eigenvalue weighted by atomic mass is 35.5. The third-order valence-corrected chi connectivity index (χ3v) is 5.48. The number of hydrogen-bond acceptors (Lipinski definition) is 5. The van der Waals surface area contributed by atoms with E-state index in [-0.39, 0.29) is 22.9 Å². The average Bonchev–Trinajstić information content (AvgIpc) is 2.60. The van der Waals surface area contributed by atoms with Crippen molar-refractivity contribution in [1.29, 1.82) is 5.26 Å². The molecule has 0 atom stereocenters. The predicted molar refractivity (Wildman–Crippen MR) is 106 cm³/mol. The van der Waals surface area contributed by atoms with Crippen LogP contribution in [0.15, 0.2) is 35.4 Å². The maximum atomic E-state index is 12.3. The van der Waals surface area contributed by atoms with Gasteiger partial charge in [-0.3, -0.25) is 9.59 Å². The Bertz CT molecular complexity index is 949. The quantitative estimate of drug-likeness (QED) is 0.765. The summed E-state index contributed by atoms with van der Waals surface area (Å²) in [5.41, 5.74) is 2.05. The highest BCUT2D eigenvalue weighted by molar-refractivity contribution is 8.00. The summed E-state index contributed by atoms with van der Waals surface area (Å²) in [7, 11) is 0. The molecule has 5 nitrogen and oxygen atoms in total. The second kappa shape index (κ2) is 7.71. The molecule has 1 aromatic heterocycles. The molecule has 2 aromatic rings. The molecule has 138 valence electrons. The number of Topliss-reactive ketones (excluding diaryl/α,β-unsaturated/α-hetero) is 1. The average molecular weight is 400 g/mol. The summed E-state index contributed by atoms with van der Waals surface area (Å²) in [6.45, 7) is 4.06. The minimum Gasteiger partial charge on any atom is -0.325 e. The van der Waals surface area contributed by atoms with Crippen LogP contribution in [0.3, 0.4) is 0 Å². The highest BCUT2D eigenvalue weighted by Gasteiger charge is 2.32. The van der Waals surface area contributed by atoms with Crippen LogP contribution in [-0.4, -0.2) is 22.4 Å². The molecule has 0 unspecified atom stereocenters. The molecule has 7 heteroatoms. The normalized spacial score (nSPS) is 15.0. The topological polar surface area (TPSA) is 82.8 Å². The van der Waals surface area contributed by atoms with Gasteiger partial charge in [-0.15, -0.1) is 0 Å². The molecule has 0 bridgehead atoms. The first-order chi connectivity index (χ1) is 12.8. The van der Waals surface area contributed by atoms with Gasteiger partial charge in [0.15, 0.2) is 5.78 Å². The molecule has 1 amide bonds. The zero-order chi connectivity index (χ0) is 19.6. The SMILES string of the molecule is CC1(C)CC(=O)c2cc(C#N)c(SCC(=O)Nc3ccc(Cl)cc3)nc2C1. The summed E-state index contributed by atoms with van der Waals surface area (Å²) in [5.74, 6) is -0.0788. The number of rotatable bonds is 4. The first-order valence-corrected chi connectivity index (χ1v) is 9.79. The van der Waals surface area contributed by atoms with E-state index in [2.05, 4.69) is 16.4 Å². The first-order valence-electron chi connectivity index (χ1n) is 8.43. The molecule has 1 aliphatic rings. The number of amides is 1. The second-order valence-electron chi connectivity index (χ2n) is 7.23. The van der Waals surface area contributed by atoms with Gasteiger partial charge in [0.05, 0.1) is 17.0 Å². The molecule has 1 heterocycles. The molecule has 1 N–H and O–H groups in total. The van der Waals surface area contributed by atoms with E-state index in [0.717, 1.165) is 0 Å². The molecule has 0 radical (unpaired) electrons. The fourth-order valence-electron chi connectivity index (χ4n) is 3.01. The van der Waals surface area contributed by atoms with E-state index in [1.807, 2.05) is 13.8 Å². The Morgan fingerprint density at radius 2 is 2.04 bits per heavy atom. The van der Waals surface area contributed by atoms with Gasteiger partial charge in [-0.05, 0) is 42.2 Å². The molecule has 0 fully saturated rings. The number of nitriles is 1. The number of benzene rings is 1. The molecule has 0 saturated carbocycles. The van der Waals surface area contributed by atoms with Crippen molar-refractivity contribution >= 4 is 40.7 Å². The van der Waals surface area contributed by atoms with E-state index in [9.17, 15) is 14.9 Å². The number of ketones is 1. The lowest BCUT2D eigenvalue weighted by atomic mass is 9.75. The van der Waals surface area contributed by atoms with Crippen molar-refractivity contribution < 1.29 is 9.59 Å². The number of pyridine rings is 1. The lowest BCUT2D eigenvalue weighted by Crippen LogP contribution is -2.28. The number of nitrogens with zero attached hydrogens (tertiary/aromatic N) is 2. The molecule has 0 saturated heterocycles. The summed E-state index contributed by atoms with van der Waals surface area (Å²) in [4.78, 5) is 29.1. The lowest BCUT2D eigenvalue weighted by Gasteiger charge is -2.29. The molecular weight excluding hydrogens is 382 g/mol. The van der Waals surface area contributed by atoms with Crippen LogP contribution in [0.5, 0.6) is 0 Å². The predicted octanol–water partition coefficient (Wildman–Crippen LogP) is 4.49. The van der Waals surface area contributed by atoms with Crippen LogP contribution in [0.1, 0.15) is 41.9 Å². The van der Waals surface area contributed by atoms with Gasteiger partial charge in [0.2, 0.25) is 5.91 Å². The number of thioether (sulfide) groups is 1. The van der Waals surface area contributed by atoms with Crippen LogP contribution in [0.2, 0.25) is 5.02 Å². The zero-order valence-corrected chi connectivity index (χ0v) is 16.6. The van der Waals surface area contributed by atoms with Gasteiger partial charge < -0.3 is 5.32 Å². The van der Waals surface area contributed by atoms with Gasteiger partial charge in [0, 0.05) is 22.7 Å². The van der Waals surface area contributed by atoms with Crippen LogP contribution < -0.4 is 5.32 Å². The van der Waals surface area contributed by atoms with E-state index in [4.69, 9.17) is 11.6 Å². The molecule has 3 rings (SSSR count). The fraction of sp³-hybridized carbons (Fsp3) is 0.300. The number of carbonyl (C=O) groups is 2. The van der Waals surface area contributed by atoms with Crippen molar-refractivity contribution in [3.8, 4) is 6.07 Å². The van der Waals surface area contributed by atoms with Crippen LogP contribution in [0.4, 0.5) is 5.69 Å². The van der Waals surface area contributed by atoms with Gasteiger partial charge in [0.25, 0.3) is 0 Å². The minimum atomic E-state index is -0.206. The smallest absolute Gasteiger partial charge is 0.234 e. The van der Waals surface area contributed by atoms with Crippen LogP contribution in [-0.2, 0) is 11.2 Å². The Balaban J connectivity index is 1.75. The van der Waals surface area contributed by atoms with Gasteiger partial charge in [-0.2, -0.15) is 5.26 Å². The molecule has 0 spiro atoms. The fourth-order valence-corrected chi connectivity index (χ4v) is 3.91. The Kier molecular flexibility index (Phi) is 5.54. The Morgan fingerprint density at radius 3 is 2.70 bits per heavy atom. The Morgan fingerprint density at radius 1 is 1.33 bits per heavy atom. The van der Waals surface area contributed by atoms with Crippen molar-refractivity contribution in [2.75, 3.05) is 11.1 Å². The summed E-state index contributed by atoms with van der Waals surface area (Å²) >= 11 is 7.02. The van der Waals surface area contributed by atoms with E-state index in [1.165, 1.54) is 11.8 Å². The van der Waals surface area contributed by atoms with Gasteiger partial charge in [0.1, 0.15) is 11.1 Å². The Hall–Kier alpha value is -2.36. The second-order valence-corrected chi connectivity index (χ2v) is 8.63. The van der Waals surface area contributed by atoms with Crippen molar-refractivity contribution in [3.05, 3.63) is 52.2 Å². The van der Waals surface area contributed by atoms with Crippen molar-refractivity contribution in [1.82, 2.24) is 4.98 Å². The largest absolute Gasteiger partial charge is 0.325 e. The number of carbonyl (C=O) groups excluding carboxylic acids is 2. The van der Waals surface area contributed by atoms with E-state index in [1.54, 1.807) is 30.3 Å². The Labute approximate surface area is 167 Å². The number of hydrogen-bond donors (Lipinski definition) is 1. The van der Waals surface area contributed by atoms with Gasteiger partial charge in [-0.25, -0.2) is 4.98 Å². The number of fused-ring (bicyclic) bond motifs is 1. The summed E-state index contributed by atoms with van der Waals surface area (Å²) < 4.78 is 0. The van der Waals surface area contributed by atoms with E-state index >= 15 is 0 Å². The number of anilines is 1. The molecule has 1 aliphatic carbocycles. The first kappa shape index (κ1) is 19.4. The summed E-state index contributed by atoms with van der Waals surface area (Å²) in [5, 5.41) is 13.3. The van der Waals surface area contributed by atoms with Gasteiger partial charge >= 0.3 is 0 Å². The number of nitrogens with one attached hydrogen (secondary N) is 1. The van der Waals surface area contributed by atoms with E-state index < -0.39 is 0 Å². The van der Waals surface area contributed by atoms with Gasteiger partial charge in [-0.1, -0.05) is 37.2 Å². The molecular formula is C20H18ClN3O2S. The maximum Gasteiger partial charge on any atom is 0.234 e. The van der Waals surface area contributed by atoms with Crippen LogP contribution in [0.25, 0.3) is 0 Å². The zero-order valence-electron chi connectivity index (χ0n) is 15.0. The van der Waals surface area contributed by atoms with Crippen molar-refractivity contribution in [3.63, 3.8) is 0 Å². The molecule has 0 aliphatic heterocycles. The summed E-state index contributed by atoms with van der Waals surface area (Å²) in [6, 6.07) is 10.5. The van der Waals surface area contributed by atoms with Crippen LogP contribution >= 0.6 is 23.4 Å². The highest BCUT2D eigenvalue weighted by Crippen LogP contribution is 2.35. The molecule has 1 aromatic carbocycles. The third kappa shape index (κ3) is 4.68. The maximum absolute atomic E-state index is 12.3. The van der Waals surface area contributed by atoms with Crippen molar-refractivity contribution in [2.45, 2.75) is 31.7 Å². The van der Waals surface area contributed by atoms with Crippen molar-refractivity contribution in [2.24, 2.45) is 5.41 Å². The van der Waals surface area contributed by atoms with Crippen LogP contribution in [0, 0.1) is 16.7 Å².